The number of hydrogen-bond donors (Lipinski definition) is 2. The van der Waals surface area contributed by atoms with Gasteiger partial charge in [-0.1, -0.05) is 30.3 Å². The number of thiol groups is 1. The van der Waals surface area contributed by atoms with E-state index in [2.05, 4.69) is 4.98 Å². The Kier molecular flexibility index (Phi) is 4.81. The molecule has 128 valence electrons. The third-order valence-corrected chi connectivity index (χ3v) is 4.77. The first kappa shape index (κ1) is 17.1. The van der Waals surface area contributed by atoms with E-state index in [9.17, 15) is 4.79 Å². The molecule has 6 heteroatoms. The van der Waals surface area contributed by atoms with Crippen molar-refractivity contribution in [1.82, 2.24) is 9.55 Å². The smallest absolute Gasteiger partial charge is 0.335 e. The largest absolute Gasteiger partial charge is 0.496 e. The SMILES string of the molecule is COc1ccccc1C(S)(Cn1ccnc1)c1ccc(C(=O)O)cc1. The Bertz CT molecular complexity index is 863. The van der Waals surface area contributed by atoms with Gasteiger partial charge in [0.2, 0.25) is 0 Å². The zero-order valence-corrected chi connectivity index (χ0v) is 14.6. The standard InChI is InChI=1S/C19H18N2O3S/c1-24-17-5-3-2-4-16(17)19(25,12-21-11-10-20-13-21)15-8-6-14(7-9-15)18(22)23/h2-11,13,25H,12H2,1H3,(H,22,23). The minimum atomic E-state index is -0.955. The van der Waals surface area contributed by atoms with Crippen molar-refractivity contribution in [2.75, 3.05) is 7.11 Å². The molecule has 0 bridgehead atoms. The number of ether oxygens (including phenoxy) is 1. The van der Waals surface area contributed by atoms with Crippen LogP contribution in [0.1, 0.15) is 21.5 Å². The summed E-state index contributed by atoms with van der Waals surface area (Å²) in [7, 11) is 1.62. The van der Waals surface area contributed by atoms with Gasteiger partial charge in [0.05, 0.1) is 23.7 Å². The van der Waals surface area contributed by atoms with Gasteiger partial charge in [-0.3, -0.25) is 0 Å². The molecule has 0 spiro atoms. The average Bonchev–Trinajstić information content (AvgIpc) is 3.14. The molecule has 25 heavy (non-hydrogen) atoms. The first-order valence-electron chi connectivity index (χ1n) is 7.70. The molecule has 0 fully saturated rings. The average molecular weight is 354 g/mol. The van der Waals surface area contributed by atoms with E-state index in [0.717, 1.165) is 16.9 Å². The number of carboxylic acid groups (broad SMARTS) is 1. The Morgan fingerprint density at radius 3 is 2.56 bits per heavy atom. The molecule has 0 amide bonds. The number of carboxylic acids is 1. The highest BCUT2D eigenvalue weighted by atomic mass is 32.1. The van der Waals surface area contributed by atoms with Crippen molar-refractivity contribution in [3.8, 4) is 5.75 Å². The number of carbonyl (C=O) groups is 1. The molecule has 2 aromatic carbocycles. The number of imidazole rings is 1. The molecule has 1 atom stereocenters. The Balaban J connectivity index is 2.13. The third-order valence-electron chi connectivity index (χ3n) is 4.13. The van der Waals surface area contributed by atoms with Crippen molar-refractivity contribution in [3.63, 3.8) is 0 Å². The molecule has 0 saturated carbocycles. The first-order valence-corrected chi connectivity index (χ1v) is 8.15. The quantitative estimate of drug-likeness (QED) is 0.666. The second kappa shape index (κ2) is 7.03. The summed E-state index contributed by atoms with van der Waals surface area (Å²) in [5, 5.41) is 9.13. The van der Waals surface area contributed by atoms with E-state index in [1.165, 1.54) is 0 Å². The number of aromatic nitrogens is 2. The number of benzene rings is 2. The summed E-state index contributed by atoms with van der Waals surface area (Å²) < 4.78 is 6.74. The van der Waals surface area contributed by atoms with Crippen molar-refractivity contribution in [3.05, 3.63) is 83.9 Å². The predicted molar refractivity (Wildman–Crippen MR) is 98.4 cm³/mol. The Hall–Kier alpha value is -2.73. The molecule has 1 N–H and O–H groups in total. The van der Waals surface area contributed by atoms with Crippen molar-refractivity contribution < 1.29 is 14.6 Å². The fraction of sp³-hybridized carbons (Fsp3) is 0.158. The Labute approximate surface area is 151 Å². The highest BCUT2D eigenvalue weighted by molar-refractivity contribution is 7.81. The summed E-state index contributed by atoms with van der Waals surface area (Å²) in [5.41, 5.74) is 2.01. The molecular weight excluding hydrogens is 336 g/mol. The molecule has 1 aromatic heterocycles. The molecule has 0 saturated heterocycles. The summed E-state index contributed by atoms with van der Waals surface area (Å²) in [5.74, 6) is -0.233. The first-order chi connectivity index (χ1) is 12.0. The number of aromatic carboxylic acids is 1. The molecule has 0 aliphatic heterocycles. The lowest BCUT2D eigenvalue weighted by Crippen LogP contribution is -2.27. The highest BCUT2D eigenvalue weighted by Crippen LogP contribution is 2.42. The minimum Gasteiger partial charge on any atom is -0.496 e. The monoisotopic (exact) mass is 354 g/mol. The lowest BCUT2D eigenvalue weighted by atomic mass is 9.88. The minimum absolute atomic E-state index is 0.238. The van der Waals surface area contributed by atoms with Gasteiger partial charge in [-0.25, -0.2) is 9.78 Å². The molecule has 5 nitrogen and oxygen atoms in total. The number of para-hydroxylation sites is 1. The van der Waals surface area contributed by atoms with Crippen LogP contribution in [0.3, 0.4) is 0 Å². The number of methoxy groups -OCH3 is 1. The van der Waals surface area contributed by atoms with E-state index in [1.807, 2.05) is 35.0 Å². The van der Waals surface area contributed by atoms with Crippen LogP contribution in [0.25, 0.3) is 0 Å². The van der Waals surface area contributed by atoms with Gasteiger partial charge in [0.25, 0.3) is 0 Å². The van der Waals surface area contributed by atoms with Crippen molar-refractivity contribution in [2.45, 2.75) is 11.3 Å². The van der Waals surface area contributed by atoms with Gasteiger partial charge in [0.15, 0.2) is 0 Å². The van der Waals surface area contributed by atoms with Crippen LogP contribution in [0.4, 0.5) is 0 Å². The maximum atomic E-state index is 11.1. The zero-order chi connectivity index (χ0) is 17.9. The van der Waals surface area contributed by atoms with E-state index in [0.29, 0.717) is 6.54 Å². The topological polar surface area (TPSA) is 64.4 Å². The summed E-state index contributed by atoms with van der Waals surface area (Å²) >= 11 is 5.02. The van der Waals surface area contributed by atoms with Crippen molar-refractivity contribution in [1.29, 1.82) is 0 Å². The van der Waals surface area contributed by atoms with E-state index in [-0.39, 0.29) is 5.56 Å². The van der Waals surface area contributed by atoms with Gasteiger partial charge >= 0.3 is 5.97 Å². The van der Waals surface area contributed by atoms with Crippen LogP contribution in [0.15, 0.2) is 67.3 Å². The summed E-state index contributed by atoms with van der Waals surface area (Å²) in [6, 6.07) is 14.5. The summed E-state index contributed by atoms with van der Waals surface area (Å²) in [6.07, 6.45) is 5.31. The van der Waals surface area contributed by atoms with Crippen LogP contribution < -0.4 is 4.74 Å². The Morgan fingerprint density at radius 1 is 1.24 bits per heavy atom. The molecular formula is C19H18N2O3S. The van der Waals surface area contributed by atoms with Gasteiger partial charge in [-0.2, -0.15) is 12.6 Å². The van der Waals surface area contributed by atoms with E-state index in [1.54, 1.807) is 43.9 Å². The van der Waals surface area contributed by atoms with Gasteiger partial charge in [-0.15, -0.1) is 0 Å². The molecule has 1 unspecified atom stereocenters. The third kappa shape index (κ3) is 3.39. The van der Waals surface area contributed by atoms with Gasteiger partial charge in [0.1, 0.15) is 5.75 Å². The van der Waals surface area contributed by atoms with Gasteiger partial charge in [0, 0.05) is 24.5 Å². The lowest BCUT2D eigenvalue weighted by molar-refractivity contribution is 0.0697. The summed E-state index contributed by atoms with van der Waals surface area (Å²) in [6.45, 7) is 0.517. The number of hydrogen-bond acceptors (Lipinski definition) is 4. The fourth-order valence-electron chi connectivity index (χ4n) is 2.85. The molecule has 1 heterocycles. The molecule has 3 rings (SSSR count). The van der Waals surface area contributed by atoms with E-state index in [4.69, 9.17) is 22.5 Å². The van der Waals surface area contributed by atoms with Gasteiger partial charge in [-0.05, 0) is 23.8 Å². The second-order valence-corrected chi connectivity index (χ2v) is 6.44. The number of rotatable bonds is 6. The van der Waals surface area contributed by atoms with Crippen molar-refractivity contribution in [2.24, 2.45) is 0 Å². The van der Waals surface area contributed by atoms with E-state index >= 15 is 0 Å². The maximum Gasteiger partial charge on any atom is 0.335 e. The zero-order valence-electron chi connectivity index (χ0n) is 13.7. The maximum absolute atomic E-state index is 11.1. The van der Waals surface area contributed by atoms with Crippen LogP contribution in [0.5, 0.6) is 5.75 Å². The van der Waals surface area contributed by atoms with Crippen LogP contribution in [0, 0.1) is 0 Å². The molecule has 0 aliphatic carbocycles. The van der Waals surface area contributed by atoms with Crippen LogP contribution in [-0.4, -0.2) is 27.7 Å². The Morgan fingerprint density at radius 2 is 1.96 bits per heavy atom. The highest BCUT2D eigenvalue weighted by Gasteiger charge is 2.33. The fourth-order valence-corrected chi connectivity index (χ4v) is 3.35. The molecule has 3 aromatic rings. The van der Waals surface area contributed by atoms with Crippen LogP contribution in [0.2, 0.25) is 0 Å². The van der Waals surface area contributed by atoms with Crippen molar-refractivity contribution >= 4 is 18.6 Å². The van der Waals surface area contributed by atoms with Crippen LogP contribution >= 0.6 is 12.6 Å². The van der Waals surface area contributed by atoms with E-state index < -0.39 is 10.7 Å². The predicted octanol–water partition coefficient (Wildman–Crippen LogP) is 3.46. The van der Waals surface area contributed by atoms with Crippen LogP contribution in [-0.2, 0) is 11.3 Å². The number of nitrogens with zero attached hydrogens (tertiary/aromatic N) is 2. The van der Waals surface area contributed by atoms with Gasteiger partial charge < -0.3 is 14.4 Å². The molecule has 0 radical (unpaired) electrons. The lowest BCUT2D eigenvalue weighted by Gasteiger charge is -2.31. The second-order valence-electron chi connectivity index (χ2n) is 5.68. The summed E-state index contributed by atoms with van der Waals surface area (Å²) in [4.78, 5) is 15.2. The molecule has 0 aliphatic rings. The normalized spacial score (nSPS) is 13.2.